The van der Waals surface area contributed by atoms with Crippen molar-refractivity contribution in [3.8, 4) is 0 Å². The molecule has 3 amide bonds. The van der Waals surface area contributed by atoms with Gasteiger partial charge >= 0.3 is 0 Å². The number of imide groups is 1. The number of carbonyl (C=O) groups is 3. The number of benzene rings is 1. The molecule has 2 saturated heterocycles. The van der Waals surface area contributed by atoms with Crippen LogP contribution in [0.5, 0.6) is 0 Å². The second kappa shape index (κ2) is 7.15. The lowest BCUT2D eigenvalue weighted by Gasteiger charge is -2.26. The number of hydrogen-bond donors (Lipinski definition) is 2. The second-order valence-electron chi connectivity index (χ2n) is 7.81. The van der Waals surface area contributed by atoms with Crippen molar-refractivity contribution >= 4 is 35.2 Å². The number of hydrogen-bond acceptors (Lipinski definition) is 4. The number of nitrogens with zero attached hydrogens (tertiary/aromatic N) is 1. The van der Waals surface area contributed by atoms with Gasteiger partial charge in [-0.1, -0.05) is 13.3 Å². The van der Waals surface area contributed by atoms with E-state index >= 15 is 0 Å². The van der Waals surface area contributed by atoms with Crippen LogP contribution in [0.3, 0.4) is 0 Å². The number of halogens is 1. The van der Waals surface area contributed by atoms with Gasteiger partial charge in [0.25, 0.3) is 5.91 Å². The fourth-order valence-corrected chi connectivity index (χ4v) is 5.56. The first-order valence-corrected chi connectivity index (χ1v) is 11.2. The van der Waals surface area contributed by atoms with Gasteiger partial charge in [0.2, 0.25) is 17.4 Å². The summed E-state index contributed by atoms with van der Waals surface area (Å²) in [4.78, 5) is 41.0. The van der Waals surface area contributed by atoms with E-state index in [1.165, 1.54) is 23.1 Å². The molecule has 0 aromatic heterocycles. The van der Waals surface area contributed by atoms with Crippen molar-refractivity contribution < 1.29 is 24.1 Å². The van der Waals surface area contributed by atoms with Crippen LogP contribution in [-0.4, -0.2) is 47.2 Å². The number of quaternary nitrogens is 1. The van der Waals surface area contributed by atoms with Gasteiger partial charge in [-0.15, -0.1) is 0 Å². The van der Waals surface area contributed by atoms with Crippen molar-refractivity contribution in [1.82, 2.24) is 4.90 Å². The van der Waals surface area contributed by atoms with Gasteiger partial charge in [-0.3, -0.25) is 19.3 Å². The Bertz CT molecular complexity index is 848. The zero-order valence-electron chi connectivity index (χ0n) is 16.0. The molecule has 28 heavy (non-hydrogen) atoms. The van der Waals surface area contributed by atoms with Crippen LogP contribution >= 0.6 is 11.8 Å². The maximum Gasteiger partial charge on any atom is 0.291 e. The molecule has 1 aromatic carbocycles. The Morgan fingerprint density at radius 3 is 2.79 bits per heavy atom. The normalized spacial score (nSPS) is 30.9. The topological polar surface area (TPSA) is 83.1 Å². The number of nitrogens with one attached hydrogen (secondary N) is 1. The molecule has 0 bridgehead atoms. The van der Waals surface area contributed by atoms with Crippen molar-refractivity contribution in [3.63, 3.8) is 0 Å². The average Bonchev–Trinajstić information content (AvgIpc) is 3.24. The molecule has 1 spiro atoms. The van der Waals surface area contributed by atoms with E-state index in [9.17, 15) is 18.8 Å². The SMILES string of the molecule is CCCCN1C(=O)[C@@H]2[C@H](CCSC)[NH2+][C@@]3(C(=O)Nc4ccc(F)cc43)[C@@H]2C1=O. The molecule has 3 N–H and O–H groups in total. The standard InChI is InChI=1S/C20H24FN3O3S/c1-3-4-8-24-17(25)15-14(7-9-28-2)23-20(16(15)18(24)26)12-10-11(21)5-6-13(12)22-19(20)27/h5-6,10,14-16,23H,3-4,7-9H2,1-2H3,(H,22,27)/p+1/t14-,15+,16-,20+/m0/s1. The molecule has 4 atom stereocenters. The van der Waals surface area contributed by atoms with E-state index in [0.29, 0.717) is 24.2 Å². The van der Waals surface area contributed by atoms with Gasteiger partial charge in [0.1, 0.15) is 23.7 Å². The quantitative estimate of drug-likeness (QED) is 0.693. The fraction of sp³-hybridized carbons (Fsp3) is 0.550. The van der Waals surface area contributed by atoms with Crippen LogP contribution in [0.15, 0.2) is 18.2 Å². The van der Waals surface area contributed by atoms with Gasteiger partial charge in [0.15, 0.2) is 0 Å². The summed E-state index contributed by atoms with van der Waals surface area (Å²) in [5.74, 6) is -1.75. The molecular formula is C20H25FN3O3S+. The van der Waals surface area contributed by atoms with Crippen LogP contribution in [0.4, 0.5) is 10.1 Å². The fourth-order valence-electron chi connectivity index (χ4n) is 5.05. The molecule has 6 nitrogen and oxygen atoms in total. The Kier molecular flexibility index (Phi) is 4.95. The van der Waals surface area contributed by atoms with Crippen LogP contribution in [-0.2, 0) is 19.9 Å². The minimum Gasteiger partial charge on any atom is -0.326 e. The van der Waals surface area contributed by atoms with Crippen LogP contribution < -0.4 is 10.6 Å². The van der Waals surface area contributed by atoms with E-state index in [2.05, 4.69) is 5.32 Å². The van der Waals surface area contributed by atoms with Gasteiger partial charge in [0, 0.05) is 18.5 Å². The minimum atomic E-state index is -1.26. The van der Waals surface area contributed by atoms with E-state index in [1.54, 1.807) is 11.8 Å². The molecule has 3 aliphatic heterocycles. The molecule has 1 aromatic rings. The highest BCUT2D eigenvalue weighted by molar-refractivity contribution is 7.98. The molecule has 3 heterocycles. The summed E-state index contributed by atoms with van der Waals surface area (Å²) in [6.07, 6.45) is 4.31. The molecule has 8 heteroatoms. The molecule has 0 saturated carbocycles. The Labute approximate surface area is 167 Å². The monoisotopic (exact) mass is 406 g/mol. The number of thioether (sulfide) groups is 1. The summed E-state index contributed by atoms with van der Waals surface area (Å²) in [6, 6.07) is 3.99. The lowest BCUT2D eigenvalue weighted by atomic mass is 9.76. The molecule has 2 fully saturated rings. The number of nitrogens with two attached hydrogens (primary N) is 1. The van der Waals surface area contributed by atoms with Gasteiger partial charge in [-0.25, -0.2) is 4.39 Å². The smallest absolute Gasteiger partial charge is 0.291 e. The number of fused-ring (bicyclic) bond motifs is 4. The van der Waals surface area contributed by atoms with Gasteiger partial charge < -0.3 is 10.6 Å². The molecular weight excluding hydrogens is 381 g/mol. The first kappa shape index (κ1) is 19.4. The van der Waals surface area contributed by atoms with Crippen molar-refractivity contribution in [2.24, 2.45) is 11.8 Å². The largest absolute Gasteiger partial charge is 0.326 e. The molecule has 0 unspecified atom stereocenters. The number of unbranched alkanes of at least 4 members (excludes halogenated alkanes) is 1. The number of carbonyl (C=O) groups excluding carboxylic acids is 3. The lowest BCUT2D eigenvalue weighted by Crippen LogP contribution is -2.99. The van der Waals surface area contributed by atoms with Crippen LogP contribution in [0.1, 0.15) is 31.7 Å². The van der Waals surface area contributed by atoms with Crippen LogP contribution in [0.2, 0.25) is 0 Å². The van der Waals surface area contributed by atoms with Crippen LogP contribution in [0.25, 0.3) is 0 Å². The predicted octanol–water partition coefficient (Wildman–Crippen LogP) is 1.07. The highest BCUT2D eigenvalue weighted by Gasteiger charge is 2.73. The Morgan fingerprint density at radius 2 is 2.07 bits per heavy atom. The third-order valence-electron chi connectivity index (χ3n) is 6.31. The maximum atomic E-state index is 14.1. The molecule has 150 valence electrons. The highest BCUT2D eigenvalue weighted by Crippen LogP contribution is 2.49. The van der Waals surface area contributed by atoms with Gasteiger partial charge in [-0.05, 0) is 36.6 Å². The third kappa shape index (κ3) is 2.61. The molecule has 0 radical (unpaired) electrons. The zero-order valence-corrected chi connectivity index (χ0v) is 16.9. The molecule has 0 aliphatic carbocycles. The predicted molar refractivity (Wildman–Crippen MR) is 104 cm³/mol. The summed E-state index contributed by atoms with van der Waals surface area (Å²) in [5.41, 5.74) is -0.254. The van der Waals surface area contributed by atoms with E-state index in [-0.39, 0.29) is 23.8 Å². The number of anilines is 1. The minimum absolute atomic E-state index is 0.180. The number of amides is 3. The lowest BCUT2D eigenvalue weighted by molar-refractivity contribution is -0.733. The Hall–Kier alpha value is -1.93. The summed E-state index contributed by atoms with van der Waals surface area (Å²) >= 11 is 1.67. The van der Waals surface area contributed by atoms with E-state index in [1.807, 2.05) is 18.5 Å². The van der Waals surface area contributed by atoms with Gasteiger partial charge in [0.05, 0.1) is 5.69 Å². The summed E-state index contributed by atoms with van der Waals surface area (Å²) in [5, 5.41) is 4.68. The summed E-state index contributed by atoms with van der Waals surface area (Å²) in [6.45, 7) is 2.38. The van der Waals surface area contributed by atoms with Crippen LogP contribution in [0, 0.1) is 17.7 Å². The first-order chi connectivity index (χ1) is 13.5. The summed E-state index contributed by atoms with van der Waals surface area (Å²) in [7, 11) is 0. The van der Waals surface area contributed by atoms with E-state index < -0.39 is 23.2 Å². The first-order valence-electron chi connectivity index (χ1n) is 9.77. The zero-order chi connectivity index (χ0) is 20.1. The Balaban J connectivity index is 1.81. The van der Waals surface area contributed by atoms with Crippen molar-refractivity contribution in [1.29, 1.82) is 0 Å². The van der Waals surface area contributed by atoms with Crippen molar-refractivity contribution in [3.05, 3.63) is 29.6 Å². The Morgan fingerprint density at radius 1 is 1.29 bits per heavy atom. The molecule has 3 aliphatic rings. The maximum absolute atomic E-state index is 14.1. The highest BCUT2D eigenvalue weighted by atomic mass is 32.2. The number of rotatable bonds is 6. The van der Waals surface area contributed by atoms with Crippen molar-refractivity contribution in [2.45, 2.75) is 37.8 Å². The number of likely N-dealkylation sites (tertiary alicyclic amines) is 1. The second-order valence-corrected chi connectivity index (χ2v) is 8.80. The van der Waals surface area contributed by atoms with Gasteiger partial charge in [-0.2, -0.15) is 11.8 Å². The van der Waals surface area contributed by atoms with E-state index in [4.69, 9.17) is 0 Å². The molecule has 4 rings (SSSR count). The average molecular weight is 407 g/mol. The van der Waals surface area contributed by atoms with E-state index in [0.717, 1.165) is 18.6 Å². The third-order valence-corrected chi connectivity index (χ3v) is 6.96. The summed E-state index contributed by atoms with van der Waals surface area (Å²) < 4.78 is 14.1. The van der Waals surface area contributed by atoms with Crippen molar-refractivity contribution in [2.75, 3.05) is 23.9 Å².